The molecule has 158 valence electrons. The fraction of sp³-hybridized carbons (Fsp3) is 0.450. The molecule has 1 aromatic heterocycles. The molecule has 1 aliphatic carbocycles. The quantitative estimate of drug-likeness (QED) is 0.310. The first-order valence-electron chi connectivity index (χ1n) is 9.92. The first-order valence-corrected chi connectivity index (χ1v) is 10.9. The SMILES string of the molecule is O=C(CSc1nc(=O)n(C[C@H]2CCCO2)c2c1CCC2)Nc1ccc([N+](=O)[O-])cc1. The number of amides is 1. The van der Waals surface area contributed by atoms with Crippen molar-refractivity contribution in [1.29, 1.82) is 0 Å². The first-order chi connectivity index (χ1) is 14.5. The van der Waals surface area contributed by atoms with Crippen molar-refractivity contribution in [3.63, 3.8) is 0 Å². The Hall–Kier alpha value is -2.72. The first kappa shape index (κ1) is 20.5. The Morgan fingerprint density at radius 1 is 1.30 bits per heavy atom. The van der Waals surface area contributed by atoms with E-state index in [1.165, 1.54) is 36.0 Å². The fourth-order valence-corrected chi connectivity index (χ4v) is 4.76. The van der Waals surface area contributed by atoms with Gasteiger partial charge in [-0.2, -0.15) is 4.98 Å². The molecule has 10 heteroatoms. The molecule has 2 aliphatic rings. The summed E-state index contributed by atoms with van der Waals surface area (Å²) in [5.74, 6) is -0.156. The summed E-state index contributed by atoms with van der Waals surface area (Å²) in [4.78, 5) is 39.4. The van der Waals surface area contributed by atoms with Crippen LogP contribution in [0.5, 0.6) is 0 Å². The van der Waals surface area contributed by atoms with E-state index in [9.17, 15) is 19.7 Å². The monoisotopic (exact) mass is 430 g/mol. The van der Waals surface area contributed by atoms with Gasteiger partial charge in [-0.3, -0.25) is 19.5 Å². The van der Waals surface area contributed by atoms with Gasteiger partial charge in [0.1, 0.15) is 5.03 Å². The highest BCUT2D eigenvalue weighted by Crippen LogP contribution is 2.30. The maximum Gasteiger partial charge on any atom is 0.348 e. The van der Waals surface area contributed by atoms with Crippen LogP contribution in [0.25, 0.3) is 0 Å². The van der Waals surface area contributed by atoms with Gasteiger partial charge in [-0.05, 0) is 44.2 Å². The molecule has 0 unspecified atom stereocenters. The number of thioether (sulfide) groups is 1. The van der Waals surface area contributed by atoms with E-state index in [0.717, 1.165) is 50.0 Å². The summed E-state index contributed by atoms with van der Waals surface area (Å²) in [5, 5.41) is 14.0. The number of hydrogen-bond donors (Lipinski definition) is 1. The number of fused-ring (bicyclic) bond motifs is 1. The molecular weight excluding hydrogens is 408 g/mol. The predicted molar refractivity (Wildman–Crippen MR) is 112 cm³/mol. The van der Waals surface area contributed by atoms with E-state index in [1.54, 1.807) is 4.57 Å². The molecule has 4 rings (SSSR count). The summed E-state index contributed by atoms with van der Waals surface area (Å²) >= 11 is 1.25. The van der Waals surface area contributed by atoms with E-state index >= 15 is 0 Å². The zero-order valence-corrected chi connectivity index (χ0v) is 17.2. The number of nitro benzene ring substituents is 1. The molecule has 1 atom stereocenters. The van der Waals surface area contributed by atoms with Crippen molar-refractivity contribution in [3.8, 4) is 0 Å². The second-order valence-electron chi connectivity index (χ2n) is 7.36. The van der Waals surface area contributed by atoms with Crippen LogP contribution in [0.15, 0.2) is 34.1 Å². The molecule has 0 saturated carbocycles. The molecule has 0 spiro atoms. The molecule has 1 fully saturated rings. The van der Waals surface area contributed by atoms with Gasteiger partial charge in [0.2, 0.25) is 5.91 Å². The van der Waals surface area contributed by atoms with Crippen LogP contribution >= 0.6 is 11.8 Å². The number of carbonyl (C=O) groups excluding carboxylic acids is 1. The van der Waals surface area contributed by atoms with E-state index in [0.29, 0.717) is 17.3 Å². The minimum atomic E-state index is -0.491. The highest BCUT2D eigenvalue weighted by atomic mass is 32.2. The number of ether oxygens (including phenoxy) is 1. The van der Waals surface area contributed by atoms with Gasteiger partial charge in [-0.15, -0.1) is 0 Å². The Bertz CT molecular complexity index is 1020. The minimum Gasteiger partial charge on any atom is -0.376 e. The molecule has 1 aliphatic heterocycles. The Labute approximate surface area is 177 Å². The van der Waals surface area contributed by atoms with Gasteiger partial charge in [-0.1, -0.05) is 11.8 Å². The average molecular weight is 430 g/mol. The predicted octanol–water partition coefficient (Wildman–Crippen LogP) is 2.55. The van der Waals surface area contributed by atoms with Crippen molar-refractivity contribution in [2.45, 2.75) is 49.8 Å². The zero-order chi connectivity index (χ0) is 21.1. The molecule has 1 saturated heterocycles. The number of nitro groups is 1. The maximum absolute atomic E-state index is 12.6. The van der Waals surface area contributed by atoms with Crippen LogP contribution in [0.2, 0.25) is 0 Å². The second-order valence-corrected chi connectivity index (χ2v) is 8.33. The molecule has 2 heterocycles. The third kappa shape index (κ3) is 4.54. The molecule has 0 bridgehead atoms. The molecule has 2 aromatic rings. The number of aromatic nitrogens is 2. The fourth-order valence-electron chi connectivity index (χ4n) is 3.88. The average Bonchev–Trinajstić information content (AvgIpc) is 3.41. The molecular formula is C20H22N4O5S. The number of nitrogens with one attached hydrogen (secondary N) is 1. The van der Waals surface area contributed by atoms with E-state index in [4.69, 9.17) is 4.74 Å². The van der Waals surface area contributed by atoms with E-state index in [2.05, 4.69) is 10.3 Å². The molecule has 1 aromatic carbocycles. The number of hydrogen-bond acceptors (Lipinski definition) is 7. The van der Waals surface area contributed by atoms with Gasteiger partial charge in [0.05, 0.1) is 23.3 Å². The van der Waals surface area contributed by atoms with Gasteiger partial charge >= 0.3 is 5.69 Å². The lowest BCUT2D eigenvalue weighted by Crippen LogP contribution is -2.31. The summed E-state index contributed by atoms with van der Waals surface area (Å²) in [5.41, 5.74) is 2.23. The number of nitrogens with zero attached hydrogens (tertiary/aromatic N) is 3. The largest absolute Gasteiger partial charge is 0.376 e. The van der Waals surface area contributed by atoms with Gasteiger partial charge in [0.15, 0.2) is 0 Å². The summed E-state index contributed by atoms with van der Waals surface area (Å²) in [6.45, 7) is 1.28. The molecule has 1 amide bonds. The van der Waals surface area contributed by atoms with Gasteiger partial charge < -0.3 is 10.1 Å². The Kier molecular flexibility index (Phi) is 6.14. The highest BCUT2D eigenvalue weighted by Gasteiger charge is 2.25. The third-order valence-corrected chi connectivity index (χ3v) is 6.33. The van der Waals surface area contributed by atoms with Crippen LogP contribution in [-0.2, 0) is 28.9 Å². The van der Waals surface area contributed by atoms with Crippen LogP contribution in [-0.4, -0.2) is 38.8 Å². The van der Waals surface area contributed by atoms with Crippen molar-refractivity contribution in [1.82, 2.24) is 9.55 Å². The van der Waals surface area contributed by atoms with Crippen LogP contribution in [0.1, 0.15) is 30.5 Å². The smallest absolute Gasteiger partial charge is 0.348 e. The Balaban J connectivity index is 1.42. The molecule has 30 heavy (non-hydrogen) atoms. The number of benzene rings is 1. The lowest BCUT2D eigenvalue weighted by molar-refractivity contribution is -0.384. The number of rotatable bonds is 7. The van der Waals surface area contributed by atoms with E-state index in [1.807, 2.05) is 0 Å². The number of carbonyl (C=O) groups is 1. The topological polar surface area (TPSA) is 116 Å². The lowest BCUT2D eigenvalue weighted by atomic mass is 10.2. The molecule has 0 radical (unpaired) electrons. The van der Waals surface area contributed by atoms with Crippen LogP contribution in [0.4, 0.5) is 11.4 Å². The molecule has 1 N–H and O–H groups in total. The third-order valence-electron chi connectivity index (χ3n) is 5.31. The standard InChI is InChI=1S/C20H22N4O5S/c25-18(21-13-6-8-14(9-7-13)24(27)28)12-30-19-16-4-1-5-17(16)23(20(26)22-19)11-15-3-2-10-29-15/h6-9,15H,1-5,10-12H2,(H,21,25)/t15-/m1/s1. The summed E-state index contributed by atoms with van der Waals surface area (Å²) in [6.07, 6.45) is 4.70. The number of anilines is 1. The van der Waals surface area contributed by atoms with Gasteiger partial charge in [0.25, 0.3) is 5.69 Å². The van der Waals surface area contributed by atoms with E-state index < -0.39 is 4.92 Å². The summed E-state index contributed by atoms with van der Waals surface area (Å²) in [7, 11) is 0. The van der Waals surface area contributed by atoms with Crippen LogP contribution in [0.3, 0.4) is 0 Å². The molecule has 9 nitrogen and oxygen atoms in total. The van der Waals surface area contributed by atoms with E-state index in [-0.39, 0.29) is 29.1 Å². The minimum absolute atomic E-state index is 0.0364. The van der Waals surface area contributed by atoms with Crippen molar-refractivity contribution >= 4 is 29.0 Å². The summed E-state index contributed by atoms with van der Waals surface area (Å²) in [6, 6.07) is 5.65. The second kappa shape index (κ2) is 8.97. The lowest BCUT2D eigenvalue weighted by Gasteiger charge is -2.17. The van der Waals surface area contributed by atoms with Crippen molar-refractivity contribution in [2.75, 3.05) is 17.7 Å². The van der Waals surface area contributed by atoms with Gasteiger partial charge in [0, 0.05) is 35.7 Å². The number of non-ortho nitro benzene ring substituents is 1. The summed E-state index contributed by atoms with van der Waals surface area (Å²) < 4.78 is 7.42. The highest BCUT2D eigenvalue weighted by molar-refractivity contribution is 8.00. The Morgan fingerprint density at radius 2 is 2.10 bits per heavy atom. The maximum atomic E-state index is 12.6. The van der Waals surface area contributed by atoms with Gasteiger partial charge in [-0.25, -0.2) is 4.79 Å². The van der Waals surface area contributed by atoms with Crippen molar-refractivity contribution in [2.24, 2.45) is 0 Å². The van der Waals surface area contributed by atoms with Crippen molar-refractivity contribution < 1.29 is 14.5 Å². The normalized spacial score (nSPS) is 17.7. The van der Waals surface area contributed by atoms with Crippen LogP contribution in [0, 0.1) is 10.1 Å². The van der Waals surface area contributed by atoms with Crippen LogP contribution < -0.4 is 11.0 Å². The Morgan fingerprint density at radius 3 is 2.80 bits per heavy atom. The van der Waals surface area contributed by atoms with Crippen molar-refractivity contribution in [3.05, 3.63) is 56.1 Å². The zero-order valence-electron chi connectivity index (χ0n) is 16.3.